The summed E-state index contributed by atoms with van der Waals surface area (Å²) in [5.41, 5.74) is 0.671. The van der Waals surface area contributed by atoms with Crippen LogP contribution in [-0.4, -0.2) is 28.7 Å². The van der Waals surface area contributed by atoms with Crippen LogP contribution in [-0.2, 0) is 9.53 Å². The van der Waals surface area contributed by atoms with Gasteiger partial charge in [0.1, 0.15) is 5.69 Å². The van der Waals surface area contributed by atoms with Crippen molar-refractivity contribution in [2.24, 2.45) is 0 Å². The number of carbonyl (C=O) groups excluding carboxylic acids is 3. The van der Waals surface area contributed by atoms with Crippen molar-refractivity contribution in [1.29, 1.82) is 0 Å². The minimum Gasteiger partial charge on any atom is -0.448 e. The predicted molar refractivity (Wildman–Crippen MR) is 90.8 cm³/mol. The summed E-state index contributed by atoms with van der Waals surface area (Å²) < 4.78 is 5.06. The third-order valence-corrected chi connectivity index (χ3v) is 3.80. The Morgan fingerprint density at radius 1 is 1.21 bits per heavy atom. The molecule has 2 aromatic rings. The number of nitrogens with one attached hydrogen (secondary N) is 2. The number of hydrogen-bond donors (Lipinski definition) is 2. The monoisotopic (exact) mass is 368 g/mol. The second-order valence-electron chi connectivity index (χ2n) is 4.99. The number of esters is 1. The number of ether oxygens (including phenoxy) is 1. The van der Waals surface area contributed by atoms with E-state index in [1.54, 1.807) is 18.2 Å². The Balaban J connectivity index is 2.03. The fourth-order valence-corrected chi connectivity index (χ4v) is 2.33. The number of amides is 1. The van der Waals surface area contributed by atoms with E-state index < -0.39 is 18.0 Å². The molecule has 1 aromatic heterocycles. The van der Waals surface area contributed by atoms with Gasteiger partial charge in [-0.3, -0.25) is 9.59 Å². The lowest BCUT2D eigenvalue weighted by Crippen LogP contribution is -2.30. The summed E-state index contributed by atoms with van der Waals surface area (Å²) in [5.74, 6) is -1.53. The number of rotatable bonds is 5. The first kappa shape index (κ1) is 18.0. The molecule has 6 nitrogen and oxygen atoms in total. The van der Waals surface area contributed by atoms with E-state index in [1.165, 1.54) is 26.1 Å². The van der Waals surface area contributed by atoms with Crippen LogP contribution in [0, 0.1) is 0 Å². The number of para-hydroxylation sites is 1. The Morgan fingerprint density at radius 2 is 1.83 bits per heavy atom. The SMILES string of the molecule is CC(=O)c1c[nH]c(C(=O)O[C@H](C)C(=O)Nc2c(Cl)cccc2Cl)c1. The number of aromatic amines is 1. The first-order valence-corrected chi connectivity index (χ1v) is 7.70. The molecule has 0 aliphatic carbocycles. The minimum absolute atomic E-state index is 0.0793. The third-order valence-electron chi connectivity index (χ3n) is 3.17. The van der Waals surface area contributed by atoms with Crippen molar-refractivity contribution in [2.45, 2.75) is 20.0 Å². The summed E-state index contributed by atoms with van der Waals surface area (Å²) in [6.07, 6.45) is 0.307. The summed E-state index contributed by atoms with van der Waals surface area (Å²) in [7, 11) is 0. The lowest BCUT2D eigenvalue weighted by molar-refractivity contribution is -0.123. The second kappa shape index (κ2) is 7.51. The standard InChI is InChI=1S/C16H14Cl2N2O4/c1-8(21)10-6-13(19-7-10)16(23)24-9(2)15(22)20-14-11(17)4-3-5-12(14)18/h3-7,9,19H,1-2H3,(H,20,22)/t9-/m1/s1. The van der Waals surface area contributed by atoms with E-state index in [2.05, 4.69) is 10.3 Å². The fraction of sp³-hybridized carbons (Fsp3) is 0.188. The van der Waals surface area contributed by atoms with E-state index in [0.717, 1.165) is 0 Å². The summed E-state index contributed by atoms with van der Waals surface area (Å²) in [5, 5.41) is 3.05. The third kappa shape index (κ3) is 4.15. The maximum Gasteiger partial charge on any atom is 0.355 e. The molecule has 0 aliphatic heterocycles. The predicted octanol–water partition coefficient (Wildman–Crippen LogP) is 3.71. The average Bonchev–Trinajstić information content (AvgIpc) is 3.01. The molecule has 2 N–H and O–H groups in total. The van der Waals surface area contributed by atoms with Crippen molar-refractivity contribution in [1.82, 2.24) is 4.98 Å². The van der Waals surface area contributed by atoms with E-state index in [0.29, 0.717) is 5.56 Å². The molecule has 0 spiro atoms. The molecule has 0 aliphatic rings. The Kier molecular flexibility index (Phi) is 5.64. The second-order valence-corrected chi connectivity index (χ2v) is 5.81. The summed E-state index contributed by atoms with van der Waals surface area (Å²) in [4.78, 5) is 38.0. The van der Waals surface area contributed by atoms with Gasteiger partial charge in [0, 0.05) is 11.8 Å². The van der Waals surface area contributed by atoms with Crippen molar-refractivity contribution < 1.29 is 19.1 Å². The number of aromatic nitrogens is 1. The van der Waals surface area contributed by atoms with E-state index in [-0.39, 0.29) is 27.2 Å². The number of benzene rings is 1. The van der Waals surface area contributed by atoms with Gasteiger partial charge < -0.3 is 15.0 Å². The molecule has 1 amide bonds. The van der Waals surface area contributed by atoms with Crippen LogP contribution in [0.25, 0.3) is 0 Å². The molecule has 0 unspecified atom stereocenters. The normalized spacial score (nSPS) is 11.7. The highest BCUT2D eigenvalue weighted by Gasteiger charge is 2.22. The molecule has 1 atom stereocenters. The zero-order valence-electron chi connectivity index (χ0n) is 12.9. The van der Waals surface area contributed by atoms with Crippen molar-refractivity contribution >= 4 is 46.5 Å². The molecule has 0 saturated carbocycles. The van der Waals surface area contributed by atoms with Gasteiger partial charge in [-0.1, -0.05) is 29.3 Å². The van der Waals surface area contributed by atoms with Gasteiger partial charge in [-0.25, -0.2) is 4.79 Å². The molecule has 1 heterocycles. The maximum absolute atomic E-state index is 12.1. The Bertz CT molecular complexity index is 781. The Hall–Kier alpha value is -2.31. The van der Waals surface area contributed by atoms with Crippen LogP contribution in [0.4, 0.5) is 5.69 Å². The summed E-state index contributed by atoms with van der Waals surface area (Å²) in [6.45, 7) is 2.79. The van der Waals surface area contributed by atoms with Gasteiger partial charge >= 0.3 is 5.97 Å². The molecular weight excluding hydrogens is 355 g/mol. The Morgan fingerprint density at radius 3 is 2.38 bits per heavy atom. The highest BCUT2D eigenvalue weighted by Crippen LogP contribution is 2.29. The van der Waals surface area contributed by atoms with Crippen LogP contribution < -0.4 is 5.32 Å². The largest absolute Gasteiger partial charge is 0.448 e. The van der Waals surface area contributed by atoms with Crippen LogP contribution in [0.1, 0.15) is 34.7 Å². The zero-order valence-corrected chi connectivity index (χ0v) is 14.4. The fourth-order valence-electron chi connectivity index (χ4n) is 1.84. The first-order valence-electron chi connectivity index (χ1n) is 6.94. The highest BCUT2D eigenvalue weighted by atomic mass is 35.5. The van der Waals surface area contributed by atoms with E-state index >= 15 is 0 Å². The van der Waals surface area contributed by atoms with Crippen LogP contribution in [0.15, 0.2) is 30.5 Å². The molecule has 0 fully saturated rings. The number of anilines is 1. The smallest absolute Gasteiger partial charge is 0.355 e. The van der Waals surface area contributed by atoms with Gasteiger partial charge in [0.25, 0.3) is 5.91 Å². The first-order chi connectivity index (χ1) is 11.3. The number of Topliss-reactive ketones (excluding diaryl/α,β-unsaturated/α-hetero) is 1. The van der Waals surface area contributed by atoms with Gasteiger partial charge in [-0.15, -0.1) is 0 Å². The molecule has 24 heavy (non-hydrogen) atoms. The van der Waals surface area contributed by atoms with Crippen LogP contribution in [0.2, 0.25) is 10.0 Å². The van der Waals surface area contributed by atoms with Gasteiger partial charge in [0.2, 0.25) is 0 Å². The minimum atomic E-state index is -1.09. The van der Waals surface area contributed by atoms with Crippen LogP contribution >= 0.6 is 23.2 Å². The van der Waals surface area contributed by atoms with Gasteiger partial charge in [-0.05, 0) is 32.0 Å². The summed E-state index contributed by atoms with van der Waals surface area (Å²) in [6, 6.07) is 6.14. The molecule has 0 radical (unpaired) electrons. The number of hydrogen-bond acceptors (Lipinski definition) is 4. The van der Waals surface area contributed by atoms with Crippen molar-refractivity contribution in [3.63, 3.8) is 0 Å². The van der Waals surface area contributed by atoms with Crippen molar-refractivity contribution in [3.8, 4) is 0 Å². The number of ketones is 1. The molecule has 126 valence electrons. The van der Waals surface area contributed by atoms with Crippen molar-refractivity contribution in [3.05, 3.63) is 51.8 Å². The van der Waals surface area contributed by atoms with Gasteiger partial charge in [0.05, 0.1) is 15.7 Å². The molecule has 8 heteroatoms. The summed E-state index contributed by atoms with van der Waals surface area (Å²) >= 11 is 11.9. The number of carbonyl (C=O) groups is 3. The zero-order chi connectivity index (χ0) is 17.9. The quantitative estimate of drug-likeness (QED) is 0.621. The number of halogens is 2. The Labute approximate surface area is 148 Å². The van der Waals surface area contributed by atoms with E-state index in [4.69, 9.17) is 27.9 Å². The molecule has 2 rings (SSSR count). The van der Waals surface area contributed by atoms with Gasteiger partial charge in [0.15, 0.2) is 11.9 Å². The maximum atomic E-state index is 12.1. The van der Waals surface area contributed by atoms with Crippen LogP contribution in [0.3, 0.4) is 0 Å². The molecule has 1 aromatic carbocycles. The molecule has 0 bridgehead atoms. The molecule has 0 saturated heterocycles. The topological polar surface area (TPSA) is 88.3 Å². The van der Waals surface area contributed by atoms with Gasteiger partial charge in [-0.2, -0.15) is 0 Å². The highest BCUT2D eigenvalue weighted by molar-refractivity contribution is 6.39. The van der Waals surface area contributed by atoms with Crippen LogP contribution in [0.5, 0.6) is 0 Å². The molecular formula is C16H14Cl2N2O4. The lowest BCUT2D eigenvalue weighted by atomic mass is 10.2. The van der Waals surface area contributed by atoms with E-state index in [1.807, 2.05) is 0 Å². The average molecular weight is 369 g/mol. The van der Waals surface area contributed by atoms with Crippen molar-refractivity contribution in [2.75, 3.05) is 5.32 Å². The number of H-pyrrole nitrogens is 1. The lowest BCUT2D eigenvalue weighted by Gasteiger charge is -2.14. The van der Waals surface area contributed by atoms with E-state index in [9.17, 15) is 14.4 Å².